The average molecular weight is 487 g/mol. The smallest absolute Gasteiger partial charge is 0.242 e. The molecule has 0 unspecified atom stereocenters. The predicted octanol–water partition coefficient (Wildman–Crippen LogP) is 5.37. The van der Waals surface area contributed by atoms with Crippen molar-refractivity contribution in [3.05, 3.63) is 59.1 Å². The predicted molar refractivity (Wildman–Crippen MR) is 134 cm³/mol. The first kappa shape index (κ1) is 25.9. The number of carbonyl (C=O) groups excluding carboxylic acids is 2. The van der Waals surface area contributed by atoms with Gasteiger partial charge in [-0.2, -0.15) is 0 Å². The van der Waals surface area contributed by atoms with Crippen LogP contribution in [-0.4, -0.2) is 42.5 Å². The van der Waals surface area contributed by atoms with Gasteiger partial charge in [0, 0.05) is 24.0 Å². The summed E-state index contributed by atoms with van der Waals surface area (Å²) in [5, 5.41) is 3.80. The van der Waals surface area contributed by atoms with E-state index in [-0.39, 0.29) is 17.9 Å². The fourth-order valence-corrected chi connectivity index (χ4v) is 4.29. The zero-order chi connectivity index (χ0) is 24.3. The minimum Gasteiger partial charge on any atom is -0.497 e. The maximum atomic E-state index is 13.2. The topological polar surface area (TPSA) is 67.9 Å². The molecule has 2 amide bonds. The number of hydrogen-bond donors (Lipinski definition) is 1. The lowest BCUT2D eigenvalue weighted by atomic mass is 9.95. The van der Waals surface area contributed by atoms with Crippen LogP contribution in [-0.2, 0) is 16.1 Å². The van der Waals surface area contributed by atoms with Gasteiger partial charge in [0.25, 0.3) is 0 Å². The molecule has 0 spiro atoms. The number of benzene rings is 2. The zero-order valence-corrected chi connectivity index (χ0v) is 20.9. The molecule has 0 radical (unpaired) electrons. The molecule has 1 atom stereocenters. The van der Waals surface area contributed by atoms with Crippen LogP contribution in [0.2, 0.25) is 5.02 Å². The number of methoxy groups -OCH3 is 1. The number of amides is 2. The number of nitrogens with one attached hydrogen (secondary N) is 1. The van der Waals surface area contributed by atoms with Crippen molar-refractivity contribution in [1.82, 2.24) is 10.2 Å². The Kier molecular flexibility index (Phi) is 10.1. The molecule has 7 heteroatoms. The first-order valence-electron chi connectivity index (χ1n) is 12.1. The van der Waals surface area contributed by atoms with Crippen LogP contribution >= 0.6 is 11.6 Å². The second kappa shape index (κ2) is 13.2. The summed E-state index contributed by atoms with van der Waals surface area (Å²) < 4.78 is 10.9. The number of carbonyl (C=O) groups is 2. The van der Waals surface area contributed by atoms with Crippen molar-refractivity contribution in [3.63, 3.8) is 0 Å². The van der Waals surface area contributed by atoms with Gasteiger partial charge in [-0.05, 0) is 68.1 Å². The summed E-state index contributed by atoms with van der Waals surface area (Å²) in [5.41, 5.74) is 0.935. The monoisotopic (exact) mass is 486 g/mol. The molecular formula is C27H35ClN2O4. The summed E-state index contributed by atoms with van der Waals surface area (Å²) in [5.74, 6) is 1.33. The van der Waals surface area contributed by atoms with Gasteiger partial charge in [-0.25, -0.2) is 0 Å². The van der Waals surface area contributed by atoms with Crippen LogP contribution < -0.4 is 14.8 Å². The van der Waals surface area contributed by atoms with E-state index in [9.17, 15) is 9.59 Å². The molecule has 3 rings (SSSR count). The molecule has 0 heterocycles. The van der Waals surface area contributed by atoms with Crippen molar-refractivity contribution < 1.29 is 19.1 Å². The fourth-order valence-electron chi connectivity index (χ4n) is 4.17. The molecule has 1 fully saturated rings. The van der Waals surface area contributed by atoms with E-state index in [2.05, 4.69) is 5.32 Å². The Morgan fingerprint density at radius 3 is 2.32 bits per heavy atom. The largest absolute Gasteiger partial charge is 0.497 e. The van der Waals surface area contributed by atoms with Crippen molar-refractivity contribution in [3.8, 4) is 11.5 Å². The van der Waals surface area contributed by atoms with Gasteiger partial charge in [0.1, 0.15) is 17.5 Å². The molecule has 2 aromatic rings. The zero-order valence-electron chi connectivity index (χ0n) is 20.1. The van der Waals surface area contributed by atoms with Gasteiger partial charge in [0.15, 0.2) is 0 Å². The molecule has 1 aliphatic rings. The van der Waals surface area contributed by atoms with Crippen molar-refractivity contribution in [2.75, 3.05) is 13.7 Å². The summed E-state index contributed by atoms with van der Waals surface area (Å²) >= 11 is 6.02. The highest BCUT2D eigenvalue weighted by Gasteiger charge is 2.27. The minimum atomic E-state index is -0.562. The van der Waals surface area contributed by atoms with Gasteiger partial charge in [-0.15, -0.1) is 0 Å². The Labute approximate surface area is 207 Å². The Balaban J connectivity index is 1.58. The third-order valence-electron chi connectivity index (χ3n) is 6.25. The van der Waals surface area contributed by atoms with E-state index in [4.69, 9.17) is 21.1 Å². The number of nitrogens with zero attached hydrogens (tertiary/aromatic N) is 1. The molecule has 184 valence electrons. The normalized spacial score (nSPS) is 14.8. The van der Waals surface area contributed by atoms with Crippen LogP contribution in [0.3, 0.4) is 0 Å². The van der Waals surface area contributed by atoms with Crippen LogP contribution in [0, 0.1) is 0 Å². The fraction of sp³-hybridized carbons (Fsp3) is 0.481. The highest BCUT2D eigenvalue weighted by Crippen LogP contribution is 2.20. The van der Waals surface area contributed by atoms with Crippen molar-refractivity contribution in [2.45, 2.75) is 70.5 Å². The Hall–Kier alpha value is -2.73. The van der Waals surface area contributed by atoms with Crippen LogP contribution in [0.25, 0.3) is 0 Å². The van der Waals surface area contributed by atoms with E-state index in [0.717, 1.165) is 42.7 Å². The number of ether oxygens (including phenoxy) is 2. The maximum Gasteiger partial charge on any atom is 0.242 e. The lowest BCUT2D eigenvalue weighted by molar-refractivity contribution is -0.141. The molecule has 1 N–H and O–H groups in total. The molecule has 1 aliphatic carbocycles. The molecule has 34 heavy (non-hydrogen) atoms. The van der Waals surface area contributed by atoms with E-state index in [1.54, 1.807) is 31.1 Å². The van der Waals surface area contributed by atoms with Gasteiger partial charge in [0.05, 0.1) is 13.7 Å². The third kappa shape index (κ3) is 7.94. The highest BCUT2D eigenvalue weighted by atomic mass is 35.5. The van der Waals surface area contributed by atoms with Gasteiger partial charge < -0.3 is 19.7 Å². The maximum absolute atomic E-state index is 13.2. The van der Waals surface area contributed by atoms with Gasteiger partial charge >= 0.3 is 0 Å². The van der Waals surface area contributed by atoms with Crippen molar-refractivity contribution in [2.24, 2.45) is 0 Å². The number of halogens is 1. The van der Waals surface area contributed by atoms with E-state index in [1.165, 1.54) is 6.42 Å². The lowest BCUT2D eigenvalue weighted by Crippen LogP contribution is -2.50. The molecular weight excluding hydrogens is 452 g/mol. The van der Waals surface area contributed by atoms with Crippen molar-refractivity contribution >= 4 is 23.4 Å². The second-order valence-electron chi connectivity index (χ2n) is 8.80. The van der Waals surface area contributed by atoms with E-state index >= 15 is 0 Å². The standard InChI is InChI=1S/C27H35ClN2O4/c1-20(27(32)29-23-7-4-3-5-8-23)30(19-21-10-12-22(28)13-11-21)26(31)9-6-18-34-25-16-14-24(33-2)15-17-25/h10-17,20,23H,3-9,18-19H2,1-2H3,(H,29,32)/t20-/m0/s1. The van der Waals surface area contributed by atoms with Crippen LogP contribution in [0.15, 0.2) is 48.5 Å². The first-order valence-corrected chi connectivity index (χ1v) is 12.4. The van der Waals surface area contributed by atoms with Gasteiger partial charge in [0.2, 0.25) is 11.8 Å². The summed E-state index contributed by atoms with van der Waals surface area (Å²) in [4.78, 5) is 27.9. The Morgan fingerprint density at radius 1 is 1.03 bits per heavy atom. The van der Waals surface area contributed by atoms with E-state index in [0.29, 0.717) is 31.0 Å². The molecule has 0 bridgehead atoms. The SMILES string of the molecule is COc1ccc(OCCCC(=O)N(Cc2ccc(Cl)cc2)[C@@H](C)C(=O)NC2CCCCC2)cc1. The molecule has 0 aliphatic heterocycles. The van der Waals surface area contributed by atoms with Crippen LogP contribution in [0.4, 0.5) is 0 Å². The van der Waals surface area contributed by atoms with Gasteiger partial charge in [-0.3, -0.25) is 9.59 Å². The van der Waals surface area contributed by atoms with E-state index in [1.807, 2.05) is 36.4 Å². The molecule has 6 nitrogen and oxygen atoms in total. The summed E-state index contributed by atoms with van der Waals surface area (Å²) in [6.07, 6.45) is 6.37. The highest BCUT2D eigenvalue weighted by molar-refractivity contribution is 6.30. The van der Waals surface area contributed by atoms with Crippen molar-refractivity contribution in [1.29, 1.82) is 0 Å². The minimum absolute atomic E-state index is 0.0698. The Bertz CT molecular complexity index is 911. The first-order chi connectivity index (χ1) is 16.5. The third-order valence-corrected chi connectivity index (χ3v) is 6.50. The quantitative estimate of drug-likeness (QED) is 0.433. The molecule has 0 aromatic heterocycles. The average Bonchev–Trinajstić information content (AvgIpc) is 2.86. The number of rotatable bonds is 11. The second-order valence-corrected chi connectivity index (χ2v) is 9.23. The molecule has 2 aromatic carbocycles. The van der Waals surface area contributed by atoms with Crippen LogP contribution in [0.5, 0.6) is 11.5 Å². The van der Waals surface area contributed by atoms with Crippen LogP contribution in [0.1, 0.15) is 57.4 Å². The number of hydrogen-bond acceptors (Lipinski definition) is 4. The summed E-state index contributed by atoms with van der Waals surface area (Å²) in [6.45, 7) is 2.57. The molecule has 1 saturated carbocycles. The van der Waals surface area contributed by atoms with Gasteiger partial charge in [-0.1, -0.05) is 43.0 Å². The lowest BCUT2D eigenvalue weighted by Gasteiger charge is -2.31. The van der Waals surface area contributed by atoms with E-state index < -0.39 is 6.04 Å². The summed E-state index contributed by atoms with van der Waals surface area (Å²) in [7, 11) is 1.62. The summed E-state index contributed by atoms with van der Waals surface area (Å²) in [6, 6.07) is 14.4. The molecule has 0 saturated heterocycles. The Morgan fingerprint density at radius 2 is 1.68 bits per heavy atom.